The molecule has 1 aromatic carbocycles. The van der Waals surface area contributed by atoms with Crippen LogP contribution in [0.1, 0.15) is 23.8 Å². The largest absolute Gasteiger partial charge is 0.417 e. The second-order valence-electron chi connectivity index (χ2n) is 4.66. The van der Waals surface area contributed by atoms with Gasteiger partial charge in [-0.25, -0.2) is 0 Å². The average Bonchev–Trinajstić information content (AvgIpc) is 3.23. The molecule has 0 spiro atoms. The molecule has 0 aliphatic heterocycles. The minimum Gasteiger partial charge on any atom is -0.417 e. The van der Waals surface area contributed by atoms with Gasteiger partial charge in [0, 0.05) is 10.6 Å². The van der Waals surface area contributed by atoms with Crippen LogP contribution in [0.3, 0.4) is 0 Å². The van der Waals surface area contributed by atoms with E-state index in [0.717, 1.165) is 10.4 Å². The zero-order valence-corrected chi connectivity index (χ0v) is 13.7. The van der Waals surface area contributed by atoms with Gasteiger partial charge >= 0.3 is 0 Å². The van der Waals surface area contributed by atoms with Crippen molar-refractivity contribution in [2.45, 2.75) is 13.0 Å². The second kappa shape index (κ2) is 6.80. The van der Waals surface area contributed by atoms with Crippen molar-refractivity contribution >= 4 is 28.8 Å². The van der Waals surface area contributed by atoms with Crippen LogP contribution < -0.4 is 5.73 Å². The lowest BCUT2D eigenvalue weighted by Gasteiger charge is -2.05. The van der Waals surface area contributed by atoms with Crippen LogP contribution in [0, 0.1) is 0 Å². The van der Waals surface area contributed by atoms with Crippen LogP contribution in [0.5, 0.6) is 0 Å². The molecule has 118 valence electrons. The summed E-state index contributed by atoms with van der Waals surface area (Å²) in [5.41, 5.74) is 6.57. The Morgan fingerprint density at radius 2 is 2.22 bits per heavy atom. The van der Waals surface area contributed by atoms with E-state index in [-0.39, 0.29) is 0 Å². The Balaban J connectivity index is 1.71. The zero-order chi connectivity index (χ0) is 16.2. The Labute approximate surface area is 141 Å². The third-order valence-electron chi connectivity index (χ3n) is 2.94. The third-order valence-corrected chi connectivity index (χ3v) is 4.07. The lowest BCUT2D eigenvalue weighted by atomic mass is 10.2. The summed E-state index contributed by atoms with van der Waals surface area (Å²) < 4.78 is 5.60. The van der Waals surface area contributed by atoms with Gasteiger partial charge in [-0.1, -0.05) is 28.9 Å². The Morgan fingerprint density at radius 3 is 2.96 bits per heavy atom. The third kappa shape index (κ3) is 3.69. The predicted octanol–water partition coefficient (Wildman–Crippen LogP) is 3.85. The van der Waals surface area contributed by atoms with Crippen molar-refractivity contribution in [3.8, 4) is 11.5 Å². The molecule has 2 heterocycles. The molecule has 0 unspecified atom stereocenters. The molecular weight excluding hydrogens is 336 g/mol. The lowest BCUT2D eigenvalue weighted by molar-refractivity contribution is 0.0527. The number of benzene rings is 1. The number of nitrogens with zero attached hydrogens (tertiary/aromatic N) is 3. The Bertz CT molecular complexity index is 817. The first-order valence-electron chi connectivity index (χ1n) is 6.76. The maximum Gasteiger partial charge on any atom is 0.259 e. The van der Waals surface area contributed by atoms with Crippen molar-refractivity contribution in [2.24, 2.45) is 10.9 Å². The minimum atomic E-state index is -0.519. The van der Waals surface area contributed by atoms with Gasteiger partial charge in [-0.15, -0.1) is 21.5 Å². The van der Waals surface area contributed by atoms with Gasteiger partial charge in [0.2, 0.25) is 12.0 Å². The molecule has 0 aliphatic rings. The molecule has 0 fully saturated rings. The van der Waals surface area contributed by atoms with E-state index in [2.05, 4.69) is 15.4 Å². The molecule has 0 aliphatic carbocycles. The standard InChI is InChI=1S/C15H13ClN4O2S/c1-9(22-20-13(17)12-6-3-7-23-12)14-18-19-15(21-14)10-4-2-5-11(16)8-10/h2-9H,1H3,(H2,17,20)/t9-/m1/s1. The van der Waals surface area contributed by atoms with Gasteiger partial charge in [0.25, 0.3) is 5.89 Å². The topological polar surface area (TPSA) is 86.5 Å². The molecule has 0 radical (unpaired) electrons. The summed E-state index contributed by atoms with van der Waals surface area (Å²) >= 11 is 7.43. The second-order valence-corrected chi connectivity index (χ2v) is 6.04. The highest BCUT2D eigenvalue weighted by molar-refractivity contribution is 7.12. The maximum absolute atomic E-state index is 5.95. The van der Waals surface area contributed by atoms with Crippen molar-refractivity contribution < 1.29 is 9.25 Å². The van der Waals surface area contributed by atoms with Gasteiger partial charge in [-0.2, -0.15) is 0 Å². The summed E-state index contributed by atoms with van der Waals surface area (Å²) in [6, 6.07) is 10.9. The number of nitrogens with two attached hydrogens (primary N) is 1. The molecule has 0 amide bonds. The van der Waals surface area contributed by atoms with E-state index < -0.39 is 6.10 Å². The van der Waals surface area contributed by atoms with E-state index in [1.165, 1.54) is 11.3 Å². The maximum atomic E-state index is 5.95. The molecule has 2 aromatic heterocycles. The van der Waals surface area contributed by atoms with Crippen LogP contribution in [-0.2, 0) is 4.84 Å². The number of halogens is 1. The molecule has 0 saturated carbocycles. The number of amidine groups is 1. The van der Waals surface area contributed by atoms with Crippen molar-refractivity contribution in [2.75, 3.05) is 0 Å². The number of hydrogen-bond donors (Lipinski definition) is 1. The van der Waals surface area contributed by atoms with Crippen molar-refractivity contribution in [1.29, 1.82) is 0 Å². The molecule has 3 rings (SSSR count). The first-order valence-corrected chi connectivity index (χ1v) is 8.02. The number of hydrogen-bond acceptors (Lipinski definition) is 6. The first kappa shape index (κ1) is 15.5. The first-order chi connectivity index (χ1) is 11.1. The predicted molar refractivity (Wildman–Crippen MR) is 89.3 cm³/mol. The average molecular weight is 349 g/mol. The quantitative estimate of drug-likeness (QED) is 0.430. The molecule has 23 heavy (non-hydrogen) atoms. The van der Waals surface area contributed by atoms with Crippen molar-refractivity contribution in [3.63, 3.8) is 0 Å². The van der Waals surface area contributed by atoms with Gasteiger partial charge in [0.05, 0.1) is 4.88 Å². The fourth-order valence-corrected chi connectivity index (χ4v) is 2.60. The van der Waals surface area contributed by atoms with E-state index in [1.807, 2.05) is 29.6 Å². The van der Waals surface area contributed by atoms with Gasteiger partial charge < -0.3 is 15.0 Å². The van der Waals surface area contributed by atoms with E-state index >= 15 is 0 Å². The van der Waals surface area contributed by atoms with Crippen LogP contribution in [-0.4, -0.2) is 16.0 Å². The molecule has 6 nitrogen and oxygen atoms in total. The highest BCUT2D eigenvalue weighted by Crippen LogP contribution is 2.24. The van der Waals surface area contributed by atoms with Crippen LogP contribution in [0.2, 0.25) is 5.02 Å². The minimum absolute atomic E-state index is 0.307. The molecule has 0 bridgehead atoms. The fourth-order valence-electron chi connectivity index (χ4n) is 1.79. The molecule has 0 saturated heterocycles. The summed E-state index contributed by atoms with van der Waals surface area (Å²) in [5.74, 6) is 0.984. The molecule has 8 heteroatoms. The normalized spacial score (nSPS) is 13.0. The number of rotatable bonds is 5. The van der Waals surface area contributed by atoms with E-state index in [1.54, 1.807) is 19.1 Å². The van der Waals surface area contributed by atoms with Crippen LogP contribution >= 0.6 is 22.9 Å². The van der Waals surface area contributed by atoms with Gasteiger partial charge in [-0.05, 0) is 36.6 Å². The summed E-state index contributed by atoms with van der Waals surface area (Å²) in [4.78, 5) is 6.17. The molecule has 3 aromatic rings. The Hall–Kier alpha value is -2.38. The van der Waals surface area contributed by atoms with Crippen LogP contribution in [0.25, 0.3) is 11.5 Å². The van der Waals surface area contributed by atoms with E-state index in [0.29, 0.717) is 22.6 Å². The van der Waals surface area contributed by atoms with Crippen LogP contribution in [0.4, 0.5) is 0 Å². The Kier molecular flexibility index (Phi) is 4.59. The number of oxime groups is 1. The molecular formula is C15H13ClN4O2S. The number of thiophene rings is 1. The lowest BCUT2D eigenvalue weighted by Crippen LogP contribution is -2.12. The molecule has 2 N–H and O–H groups in total. The zero-order valence-electron chi connectivity index (χ0n) is 12.1. The van der Waals surface area contributed by atoms with Crippen molar-refractivity contribution in [3.05, 3.63) is 57.6 Å². The smallest absolute Gasteiger partial charge is 0.259 e. The monoisotopic (exact) mass is 348 g/mol. The van der Waals surface area contributed by atoms with E-state index in [9.17, 15) is 0 Å². The Morgan fingerprint density at radius 1 is 1.35 bits per heavy atom. The van der Waals surface area contributed by atoms with Gasteiger partial charge in [-0.3, -0.25) is 0 Å². The summed E-state index contributed by atoms with van der Waals surface area (Å²) in [7, 11) is 0. The summed E-state index contributed by atoms with van der Waals surface area (Å²) in [6.07, 6.45) is -0.519. The van der Waals surface area contributed by atoms with Crippen molar-refractivity contribution in [1.82, 2.24) is 10.2 Å². The fraction of sp³-hybridized carbons (Fsp3) is 0.133. The van der Waals surface area contributed by atoms with E-state index in [4.69, 9.17) is 26.6 Å². The highest BCUT2D eigenvalue weighted by Gasteiger charge is 2.17. The van der Waals surface area contributed by atoms with Gasteiger partial charge in [0.15, 0.2) is 5.84 Å². The van der Waals surface area contributed by atoms with Gasteiger partial charge in [0.1, 0.15) is 0 Å². The molecule has 1 atom stereocenters. The number of aromatic nitrogens is 2. The summed E-state index contributed by atoms with van der Waals surface area (Å²) in [5, 5.41) is 14.4. The SMILES string of the molecule is C[C@@H](O/N=C(\N)c1cccs1)c1nnc(-c2cccc(Cl)c2)o1. The van der Waals surface area contributed by atoms with Crippen LogP contribution in [0.15, 0.2) is 51.4 Å². The highest BCUT2D eigenvalue weighted by atomic mass is 35.5. The summed E-state index contributed by atoms with van der Waals surface area (Å²) in [6.45, 7) is 1.75.